The van der Waals surface area contributed by atoms with E-state index in [1.807, 2.05) is 32.0 Å². The number of rotatable bonds is 2. The van der Waals surface area contributed by atoms with Crippen LogP contribution >= 0.6 is 11.6 Å². The fourth-order valence-corrected chi connectivity index (χ4v) is 2.05. The summed E-state index contributed by atoms with van der Waals surface area (Å²) in [5, 5.41) is 5.97. The third-order valence-corrected chi connectivity index (χ3v) is 3.31. The molecule has 20 heavy (non-hydrogen) atoms. The molecule has 0 aliphatic rings. The van der Waals surface area contributed by atoms with Gasteiger partial charge in [0.15, 0.2) is 0 Å². The zero-order chi connectivity index (χ0) is 14.7. The summed E-state index contributed by atoms with van der Waals surface area (Å²) in [4.78, 5) is 12.0. The smallest absolute Gasteiger partial charge is 0.323 e. The number of halogens is 1. The van der Waals surface area contributed by atoms with Crippen molar-refractivity contribution in [1.29, 1.82) is 0 Å². The number of urea groups is 1. The Bertz CT molecular complexity index is 635. The maximum Gasteiger partial charge on any atom is 0.323 e. The summed E-state index contributed by atoms with van der Waals surface area (Å²) < 4.78 is 0. The molecule has 0 fully saturated rings. The minimum absolute atomic E-state index is 0.357. The number of benzene rings is 2. The highest BCUT2D eigenvalue weighted by Gasteiger charge is 2.08. The minimum Gasteiger partial charge on any atom is -0.398 e. The molecular formula is C15H16ClN3O. The maximum absolute atomic E-state index is 12.0. The number of anilines is 3. The van der Waals surface area contributed by atoms with Gasteiger partial charge in [0.25, 0.3) is 0 Å². The number of amides is 2. The van der Waals surface area contributed by atoms with Gasteiger partial charge >= 0.3 is 6.03 Å². The number of nitrogens with one attached hydrogen (secondary N) is 2. The van der Waals surface area contributed by atoms with Gasteiger partial charge in [-0.15, -0.1) is 0 Å². The standard InChI is InChI=1S/C15H16ClN3O/c1-9-6-7-11(8-13(9)17)18-15(20)19-14-10(2)4-3-5-12(14)16/h3-8H,17H2,1-2H3,(H2,18,19,20). The van der Waals surface area contributed by atoms with Crippen molar-refractivity contribution in [3.05, 3.63) is 52.5 Å². The lowest BCUT2D eigenvalue weighted by Crippen LogP contribution is -2.20. The molecule has 0 unspecified atom stereocenters. The zero-order valence-corrected chi connectivity index (χ0v) is 12.1. The van der Waals surface area contributed by atoms with Crippen LogP contribution in [0.3, 0.4) is 0 Å². The van der Waals surface area contributed by atoms with Crippen LogP contribution < -0.4 is 16.4 Å². The molecule has 0 saturated carbocycles. The Labute approximate surface area is 122 Å². The lowest BCUT2D eigenvalue weighted by Gasteiger charge is -2.12. The van der Waals surface area contributed by atoms with Crippen LogP contribution in [0.4, 0.5) is 21.9 Å². The highest BCUT2D eigenvalue weighted by atomic mass is 35.5. The highest BCUT2D eigenvalue weighted by Crippen LogP contribution is 2.25. The average Bonchev–Trinajstić information content (AvgIpc) is 2.38. The van der Waals surface area contributed by atoms with Crippen LogP contribution in [0.25, 0.3) is 0 Å². The Kier molecular flexibility index (Phi) is 4.15. The summed E-state index contributed by atoms with van der Waals surface area (Å²) in [6, 6.07) is 10.5. The van der Waals surface area contributed by atoms with Gasteiger partial charge in [-0.2, -0.15) is 0 Å². The van der Waals surface area contributed by atoms with Gasteiger partial charge in [-0.25, -0.2) is 4.79 Å². The van der Waals surface area contributed by atoms with Gasteiger partial charge in [0, 0.05) is 11.4 Å². The van der Waals surface area contributed by atoms with E-state index in [1.165, 1.54) is 0 Å². The van der Waals surface area contributed by atoms with Crippen molar-refractivity contribution in [1.82, 2.24) is 0 Å². The molecule has 5 heteroatoms. The molecule has 0 radical (unpaired) electrons. The summed E-state index contributed by atoms with van der Waals surface area (Å²) in [5.41, 5.74) is 9.55. The minimum atomic E-state index is -0.357. The Morgan fingerprint density at radius 3 is 2.50 bits per heavy atom. The predicted molar refractivity (Wildman–Crippen MR) is 84.4 cm³/mol. The molecule has 0 bridgehead atoms. The average molecular weight is 290 g/mol. The second kappa shape index (κ2) is 5.84. The third kappa shape index (κ3) is 3.22. The summed E-state index contributed by atoms with van der Waals surface area (Å²) in [5.74, 6) is 0. The van der Waals surface area contributed by atoms with Crippen molar-refractivity contribution in [2.45, 2.75) is 13.8 Å². The zero-order valence-electron chi connectivity index (χ0n) is 11.3. The first-order valence-electron chi connectivity index (χ1n) is 6.16. The molecule has 0 heterocycles. The first kappa shape index (κ1) is 14.2. The third-order valence-electron chi connectivity index (χ3n) is 3.00. The van der Waals surface area contributed by atoms with Crippen LogP contribution in [0, 0.1) is 13.8 Å². The quantitative estimate of drug-likeness (QED) is 0.726. The Hall–Kier alpha value is -2.20. The molecule has 2 aromatic carbocycles. The molecule has 2 rings (SSSR count). The van der Waals surface area contributed by atoms with E-state index in [4.69, 9.17) is 17.3 Å². The van der Waals surface area contributed by atoms with Crippen molar-refractivity contribution >= 4 is 34.7 Å². The highest BCUT2D eigenvalue weighted by molar-refractivity contribution is 6.34. The fraction of sp³-hybridized carbons (Fsp3) is 0.133. The Balaban J connectivity index is 2.11. The van der Waals surface area contributed by atoms with Crippen LogP contribution in [0.5, 0.6) is 0 Å². The summed E-state index contributed by atoms with van der Waals surface area (Å²) in [6.07, 6.45) is 0. The lowest BCUT2D eigenvalue weighted by molar-refractivity contribution is 0.262. The van der Waals surface area contributed by atoms with E-state index in [9.17, 15) is 4.79 Å². The topological polar surface area (TPSA) is 67.2 Å². The monoisotopic (exact) mass is 289 g/mol. The van der Waals surface area contributed by atoms with Crippen LogP contribution in [0.2, 0.25) is 5.02 Å². The van der Waals surface area contributed by atoms with Gasteiger partial charge in [-0.05, 0) is 43.2 Å². The maximum atomic E-state index is 12.0. The van der Waals surface area contributed by atoms with Crippen molar-refractivity contribution in [2.75, 3.05) is 16.4 Å². The molecule has 0 saturated heterocycles. The second-order valence-corrected chi connectivity index (χ2v) is 4.99. The van der Waals surface area contributed by atoms with Crippen molar-refractivity contribution < 1.29 is 4.79 Å². The van der Waals surface area contributed by atoms with Crippen LogP contribution in [-0.2, 0) is 0 Å². The number of aryl methyl sites for hydroxylation is 2. The molecular weight excluding hydrogens is 274 g/mol. The summed E-state index contributed by atoms with van der Waals surface area (Å²) in [7, 11) is 0. The number of nitrogens with two attached hydrogens (primary N) is 1. The van der Waals surface area contributed by atoms with E-state index < -0.39 is 0 Å². The first-order chi connectivity index (χ1) is 9.47. The Morgan fingerprint density at radius 1 is 1.10 bits per heavy atom. The van der Waals surface area contributed by atoms with Crippen LogP contribution in [0.15, 0.2) is 36.4 Å². The number of carbonyl (C=O) groups excluding carboxylic acids is 1. The fourth-order valence-electron chi connectivity index (χ4n) is 1.78. The van der Waals surface area contributed by atoms with Gasteiger partial charge in [-0.1, -0.05) is 29.8 Å². The summed E-state index contributed by atoms with van der Waals surface area (Å²) >= 11 is 6.06. The van der Waals surface area contributed by atoms with Gasteiger partial charge < -0.3 is 16.4 Å². The lowest BCUT2D eigenvalue weighted by atomic mass is 10.2. The molecule has 0 atom stereocenters. The SMILES string of the molecule is Cc1ccc(NC(=O)Nc2c(C)cccc2Cl)cc1N. The molecule has 0 spiro atoms. The molecule has 2 aromatic rings. The molecule has 2 amide bonds. The summed E-state index contributed by atoms with van der Waals surface area (Å²) in [6.45, 7) is 3.79. The van der Waals surface area contributed by atoms with E-state index >= 15 is 0 Å². The number of nitrogen functional groups attached to an aromatic ring is 1. The molecule has 4 N–H and O–H groups in total. The predicted octanol–water partition coefficient (Wildman–Crippen LogP) is 4.18. The van der Waals surface area contributed by atoms with E-state index in [0.29, 0.717) is 22.1 Å². The number of carbonyl (C=O) groups is 1. The largest absolute Gasteiger partial charge is 0.398 e. The second-order valence-electron chi connectivity index (χ2n) is 4.58. The molecule has 0 aliphatic carbocycles. The van der Waals surface area contributed by atoms with Gasteiger partial charge in [0.1, 0.15) is 0 Å². The molecule has 4 nitrogen and oxygen atoms in total. The van der Waals surface area contributed by atoms with E-state index in [0.717, 1.165) is 11.1 Å². The normalized spacial score (nSPS) is 10.2. The Morgan fingerprint density at radius 2 is 1.85 bits per heavy atom. The number of hydrogen-bond acceptors (Lipinski definition) is 2. The van der Waals surface area contributed by atoms with Gasteiger partial charge in [0.05, 0.1) is 10.7 Å². The number of para-hydroxylation sites is 1. The molecule has 0 aromatic heterocycles. The van der Waals surface area contributed by atoms with Crippen molar-refractivity contribution in [2.24, 2.45) is 0 Å². The molecule has 0 aliphatic heterocycles. The van der Waals surface area contributed by atoms with Crippen LogP contribution in [0.1, 0.15) is 11.1 Å². The molecule has 104 valence electrons. The van der Waals surface area contributed by atoms with E-state index in [-0.39, 0.29) is 6.03 Å². The number of hydrogen-bond donors (Lipinski definition) is 3. The van der Waals surface area contributed by atoms with Crippen molar-refractivity contribution in [3.8, 4) is 0 Å². The van der Waals surface area contributed by atoms with Crippen LogP contribution in [-0.4, -0.2) is 6.03 Å². The van der Waals surface area contributed by atoms with Crippen molar-refractivity contribution in [3.63, 3.8) is 0 Å². The first-order valence-corrected chi connectivity index (χ1v) is 6.54. The van der Waals surface area contributed by atoms with E-state index in [1.54, 1.807) is 18.2 Å². The van der Waals surface area contributed by atoms with Gasteiger partial charge in [-0.3, -0.25) is 0 Å². The van der Waals surface area contributed by atoms with Gasteiger partial charge in [0.2, 0.25) is 0 Å². The van der Waals surface area contributed by atoms with E-state index in [2.05, 4.69) is 10.6 Å².